The van der Waals surface area contributed by atoms with E-state index in [9.17, 15) is 14.0 Å². The maximum atomic E-state index is 13.7. The summed E-state index contributed by atoms with van der Waals surface area (Å²) in [5.41, 5.74) is 0.784. The number of benzene rings is 1. The van der Waals surface area contributed by atoms with Crippen molar-refractivity contribution in [2.24, 2.45) is 0 Å². The molecule has 120 valence electrons. The number of nitrogens with zero attached hydrogens (tertiary/aromatic N) is 2. The standard InChI is InChI=1S/C17H18FN3O2/c1-11-9-15(22)20-17(19-11)14-7-4-8-21(14)16(23)10-12-5-2-3-6-13(12)18/h2-3,5-6,9,14H,4,7-8,10H2,1H3,(H,19,20,22)/t14-/m0/s1. The van der Waals surface area contributed by atoms with Gasteiger partial charge in [0.1, 0.15) is 11.6 Å². The van der Waals surface area contributed by atoms with Gasteiger partial charge in [-0.3, -0.25) is 9.59 Å². The Kier molecular flexibility index (Phi) is 4.23. The number of aryl methyl sites for hydroxylation is 1. The molecule has 1 saturated heterocycles. The van der Waals surface area contributed by atoms with Gasteiger partial charge in [0.2, 0.25) is 5.91 Å². The molecule has 0 unspecified atom stereocenters. The van der Waals surface area contributed by atoms with Crippen molar-refractivity contribution in [2.45, 2.75) is 32.2 Å². The molecule has 1 aromatic heterocycles. The number of aromatic nitrogens is 2. The first-order valence-corrected chi connectivity index (χ1v) is 7.65. The number of carbonyl (C=O) groups is 1. The zero-order valence-corrected chi connectivity index (χ0v) is 12.9. The number of amides is 1. The minimum Gasteiger partial charge on any atom is -0.332 e. The lowest BCUT2D eigenvalue weighted by atomic mass is 10.1. The summed E-state index contributed by atoms with van der Waals surface area (Å²) < 4.78 is 13.7. The Morgan fingerprint density at radius 2 is 2.22 bits per heavy atom. The summed E-state index contributed by atoms with van der Waals surface area (Å²) >= 11 is 0. The first-order chi connectivity index (χ1) is 11.0. The summed E-state index contributed by atoms with van der Waals surface area (Å²) in [5, 5.41) is 0. The highest BCUT2D eigenvalue weighted by molar-refractivity contribution is 5.79. The predicted molar refractivity (Wildman–Crippen MR) is 83.4 cm³/mol. The number of hydrogen-bond acceptors (Lipinski definition) is 3. The van der Waals surface area contributed by atoms with Gasteiger partial charge in [-0.15, -0.1) is 0 Å². The molecule has 1 aliphatic rings. The Hall–Kier alpha value is -2.50. The van der Waals surface area contributed by atoms with Crippen LogP contribution in [0, 0.1) is 12.7 Å². The second-order valence-electron chi connectivity index (χ2n) is 5.79. The molecule has 5 nitrogen and oxygen atoms in total. The second-order valence-corrected chi connectivity index (χ2v) is 5.79. The number of rotatable bonds is 3. The van der Waals surface area contributed by atoms with Crippen LogP contribution in [-0.4, -0.2) is 27.3 Å². The number of likely N-dealkylation sites (tertiary alicyclic amines) is 1. The zero-order valence-electron chi connectivity index (χ0n) is 12.9. The highest BCUT2D eigenvalue weighted by atomic mass is 19.1. The van der Waals surface area contributed by atoms with Gasteiger partial charge in [0.25, 0.3) is 5.56 Å². The first-order valence-electron chi connectivity index (χ1n) is 7.65. The molecule has 6 heteroatoms. The largest absolute Gasteiger partial charge is 0.332 e. The van der Waals surface area contributed by atoms with Gasteiger partial charge in [-0.05, 0) is 31.4 Å². The molecule has 1 N–H and O–H groups in total. The van der Waals surface area contributed by atoms with E-state index in [4.69, 9.17) is 0 Å². The van der Waals surface area contributed by atoms with E-state index >= 15 is 0 Å². The van der Waals surface area contributed by atoms with E-state index in [0.29, 0.717) is 23.6 Å². The third kappa shape index (κ3) is 3.31. The molecule has 1 amide bonds. The van der Waals surface area contributed by atoms with Crippen molar-refractivity contribution in [2.75, 3.05) is 6.54 Å². The number of aromatic amines is 1. The van der Waals surface area contributed by atoms with Crippen molar-refractivity contribution in [1.82, 2.24) is 14.9 Å². The van der Waals surface area contributed by atoms with E-state index in [1.54, 1.807) is 30.0 Å². The fourth-order valence-corrected chi connectivity index (χ4v) is 3.02. The van der Waals surface area contributed by atoms with E-state index in [1.165, 1.54) is 12.1 Å². The molecule has 0 aliphatic carbocycles. The Morgan fingerprint density at radius 1 is 1.43 bits per heavy atom. The van der Waals surface area contributed by atoms with Crippen molar-refractivity contribution in [3.8, 4) is 0 Å². The highest BCUT2D eigenvalue weighted by Gasteiger charge is 2.31. The number of hydrogen-bond donors (Lipinski definition) is 1. The summed E-state index contributed by atoms with van der Waals surface area (Å²) in [6.07, 6.45) is 1.60. The monoisotopic (exact) mass is 315 g/mol. The minimum absolute atomic E-state index is 0.0131. The van der Waals surface area contributed by atoms with Crippen molar-refractivity contribution >= 4 is 5.91 Å². The van der Waals surface area contributed by atoms with Crippen molar-refractivity contribution < 1.29 is 9.18 Å². The van der Waals surface area contributed by atoms with Crippen LogP contribution in [-0.2, 0) is 11.2 Å². The van der Waals surface area contributed by atoms with Crippen molar-refractivity contribution in [1.29, 1.82) is 0 Å². The van der Waals surface area contributed by atoms with Gasteiger partial charge in [0.05, 0.1) is 12.5 Å². The molecule has 0 saturated carbocycles. The molecular weight excluding hydrogens is 297 g/mol. The number of carbonyl (C=O) groups excluding carboxylic acids is 1. The molecular formula is C17H18FN3O2. The Balaban J connectivity index is 1.82. The summed E-state index contributed by atoms with van der Waals surface area (Å²) in [6.45, 7) is 2.34. The molecule has 1 fully saturated rings. The fraction of sp³-hybridized carbons (Fsp3) is 0.353. The van der Waals surface area contributed by atoms with E-state index in [0.717, 1.165) is 12.8 Å². The average molecular weight is 315 g/mol. The highest BCUT2D eigenvalue weighted by Crippen LogP contribution is 2.30. The third-order valence-electron chi connectivity index (χ3n) is 4.08. The van der Waals surface area contributed by atoms with Gasteiger partial charge in [-0.2, -0.15) is 0 Å². The van der Waals surface area contributed by atoms with Gasteiger partial charge in [-0.1, -0.05) is 18.2 Å². The molecule has 0 radical (unpaired) electrons. The van der Waals surface area contributed by atoms with E-state index < -0.39 is 0 Å². The van der Waals surface area contributed by atoms with E-state index in [1.807, 2.05) is 0 Å². The number of H-pyrrole nitrogens is 1. The van der Waals surface area contributed by atoms with Crippen LogP contribution < -0.4 is 5.56 Å². The molecule has 1 aliphatic heterocycles. The van der Waals surface area contributed by atoms with E-state index in [-0.39, 0.29) is 29.7 Å². The second kappa shape index (κ2) is 6.32. The van der Waals surface area contributed by atoms with Gasteiger partial charge in [0, 0.05) is 18.3 Å². The van der Waals surface area contributed by atoms with Gasteiger partial charge >= 0.3 is 0 Å². The molecule has 3 rings (SSSR count). The molecule has 0 spiro atoms. The van der Waals surface area contributed by atoms with Crippen LogP contribution in [0.3, 0.4) is 0 Å². The molecule has 2 aromatic rings. The third-order valence-corrected chi connectivity index (χ3v) is 4.08. The van der Waals surface area contributed by atoms with Crippen LogP contribution in [0.5, 0.6) is 0 Å². The van der Waals surface area contributed by atoms with Crippen LogP contribution in [0.2, 0.25) is 0 Å². The molecule has 2 heterocycles. The first kappa shape index (κ1) is 15.4. The van der Waals surface area contributed by atoms with Crippen LogP contribution in [0.25, 0.3) is 0 Å². The van der Waals surface area contributed by atoms with Gasteiger partial charge < -0.3 is 9.88 Å². The topological polar surface area (TPSA) is 66.1 Å². The average Bonchev–Trinajstić information content (AvgIpc) is 2.98. The van der Waals surface area contributed by atoms with Gasteiger partial charge in [-0.25, -0.2) is 9.37 Å². The molecule has 0 bridgehead atoms. The van der Waals surface area contributed by atoms with Crippen molar-refractivity contribution in [3.63, 3.8) is 0 Å². The summed E-state index contributed by atoms with van der Waals surface area (Å²) in [6, 6.07) is 7.45. The number of halogens is 1. The van der Waals surface area contributed by atoms with Crippen LogP contribution in [0.15, 0.2) is 35.1 Å². The minimum atomic E-state index is -0.376. The molecule has 1 atom stereocenters. The van der Waals surface area contributed by atoms with Crippen molar-refractivity contribution in [3.05, 3.63) is 63.6 Å². The summed E-state index contributed by atoms with van der Waals surface area (Å²) in [5.74, 6) is -0.0187. The maximum absolute atomic E-state index is 13.7. The lowest BCUT2D eigenvalue weighted by molar-refractivity contribution is -0.131. The normalized spacial score (nSPS) is 17.5. The van der Waals surface area contributed by atoms with Crippen LogP contribution >= 0.6 is 0 Å². The predicted octanol–water partition coefficient (Wildman–Crippen LogP) is 2.12. The van der Waals surface area contributed by atoms with Gasteiger partial charge in [0.15, 0.2) is 0 Å². The Labute approximate surface area is 133 Å². The molecule has 23 heavy (non-hydrogen) atoms. The zero-order chi connectivity index (χ0) is 16.4. The Morgan fingerprint density at radius 3 is 2.96 bits per heavy atom. The smallest absolute Gasteiger partial charge is 0.251 e. The van der Waals surface area contributed by atoms with Crippen LogP contribution in [0.4, 0.5) is 4.39 Å². The quantitative estimate of drug-likeness (QED) is 0.943. The maximum Gasteiger partial charge on any atom is 0.251 e. The van der Waals surface area contributed by atoms with E-state index in [2.05, 4.69) is 9.97 Å². The molecule has 1 aromatic carbocycles. The SMILES string of the molecule is Cc1cc(=O)[nH]c([C@@H]2CCCN2C(=O)Cc2ccccc2F)n1. The summed E-state index contributed by atoms with van der Waals surface area (Å²) in [7, 11) is 0. The van der Waals surface area contributed by atoms with Crippen LogP contribution in [0.1, 0.15) is 36.0 Å². The fourth-order valence-electron chi connectivity index (χ4n) is 3.02. The lowest BCUT2D eigenvalue weighted by Gasteiger charge is -2.24. The summed E-state index contributed by atoms with van der Waals surface area (Å²) in [4.78, 5) is 32.9. The number of nitrogens with one attached hydrogen (secondary N) is 1. The Bertz CT molecular complexity index is 787. The lowest BCUT2D eigenvalue weighted by Crippen LogP contribution is -2.33.